The highest BCUT2D eigenvalue weighted by Crippen LogP contribution is 2.32. The van der Waals surface area contributed by atoms with Gasteiger partial charge in [0.2, 0.25) is 0 Å². The Morgan fingerprint density at radius 2 is 1.80 bits per heavy atom. The second kappa shape index (κ2) is 4.66. The maximum atomic E-state index is 13.6. The zero-order valence-electron chi connectivity index (χ0n) is 8.73. The van der Waals surface area contributed by atoms with E-state index in [-0.39, 0.29) is 18.0 Å². The average Bonchev–Trinajstić information content (AvgIpc) is 2.17. The van der Waals surface area contributed by atoms with E-state index in [1.807, 2.05) is 0 Å². The van der Waals surface area contributed by atoms with Crippen molar-refractivity contribution in [1.82, 2.24) is 5.32 Å². The first-order chi connectivity index (χ1) is 6.95. The number of nitrogens with one attached hydrogen (secondary N) is 1. The number of alkyl halides is 2. The predicted molar refractivity (Wildman–Crippen MR) is 53.4 cm³/mol. The largest absolute Gasteiger partial charge is 0.317 e. The van der Waals surface area contributed by atoms with Crippen molar-refractivity contribution in [3.63, 3.8) is 0 Å². The van der Waals surface area contributed by atoms with Crippen LogP contribution in [0.25, 0.3) is 0 Å². The molecule has 84 valence electrons. The van der Waals surface area contributed by atoms with E-state index in [9.17, 15) is 13.2 Å². The maximum absolute atomic E-state index is 13.6. The van der Waals surface area contributed by atoms with Gasteiger partial charge in [-0.25, -0.2) is 13.2 Å². The Morgan fingerprint density at radius 3 is 2.27 bits per heavy atom. The highest BCUT2D eigenvalue weighted by molar-refractivity contribution is 5.21. The van der Waals surface area contributed by atoms with Gasteiger partial charge in [0.25, 0.3) is 5.92 Å². The monoisotopic (exact) mass is 217 g/mol. The van der Waals surface area contributed by atoms with Crippen LogP contribution in [0.1, 0.15) is 18.9 Å². The standard InChI is InChI=1S/C11H14F3N/c1-8(15-2)7-11(13,14)9-3-5-10(12)6-4-9/h3-6,8,15H,7H2,1-2H3. The van der Waals surface area contributed by atoms with E-state index in [1.54, 1.807) is 14.0 Å². The lowest BCUT2D eigenvalue weighted by atomic mass is 10.0. The minimum atomic E-state index is -2.92. The van der Waals surface area contributed by atoms with Gasteiger partial charge < -0.3 is 5.32 Å². The topological polar surface area (TPSA) is 12.0 Å². The van der Waals surface area contributed by atoms with Gasteiger partial charge in [-0.1, -0.05) is 12.1 Å². The minimum absolute atomic E-state index is 0.147. The van der Waals surface area contributed by atoms with Crippen molar-refractivity contribution < 1.29 is 13.2 Å². The summed E-state index contributed by atoms with van der Waals surface area (Å²) >= 11 is 0. The van der Waals surface area contributed by atoms with Gasteiger partial charge in [0.15, 0.2) is 0 Å². The van der Waals surface area contributed by atoms with E-state index in [0.29, 0.717) is 0 Å². The molecule has 0 amide bonds. The highest BCUT2D eigenvalue weighted by Gasteiger charge is 2.32. The fraction of sp³-hybridized carbons (Fsp3) is 0.455. The zero-order valence-corrected chi connectivity index (χ0v) is 8.73. The molecule has 1 unspecified atom stereocenters. The Kier molecular flexibility index (Phi) is 3.74. The molecule has 1 aromatic rings. The van der Waals surface area contributed by atoms with E-state index >= 15 is 0 Å². The molecule has 0 fully saturated rings. The van der Waals surface area contributed by atoms with E-state index in [1.165, 1.54) is 0 Å². The molecular weight excluding hydrogens is 203 g/mol. The normalized spacial score (nSPS) is 13.9. The zero-order chi connectivity index (χ0) is 11.5. The average molecular weight is 217 g/mol. The molecule has 0 heterocycles. The summed E-state index contributed by atoms with van der Waals surface area (Å²) in [5.74, 6) is -3.42. The molecule has 1 N–H and O–H groups in total. The molecule has 1 nitrogen and oxygen atoms in total. The first-order valence-corrected chi connectivity index (χ1v) is 4.77. The third-order valence-corrected chi connectivity index (χ3v) is 2.32. The third kappa shape index (κ3) is 3.23. The SMILES string of the molecule is CNC(C)CC(F)(F)c1ccc(F)cc1. The number of rotatable bonds is 4. The van der Waals surface area contributed by atoms with Gasteiger partial charge in [-0.15, -0.1) is 0 Å². The molecule has 0 aliphatic rings. The molecule has 1 atom stereocenters. The van der Waals surface area contributed by atoms with Crippen LogP contribution in [-0.2, 0) is 5.92 Å². The van der Waals surface area contributed by atoms with Crippen LogP contribution in [0, 0.1) is 5.82 Å². The van der Waals surface area contributed by atoms with Gasteiger partial charge >= 0.3 is 0 Å². The number of halogens is 3. The molecule has 0 aliphatic heterocycles. The van der Waals surface area contributed by atoms with E-state index in [0.717, 1.165) is 24.3 Å². The van der Waals surface area contributed by atoms with Crippen LogP contribution >= 0.6 is 0 Å². The van der Waals surface area contributed by atoms with E-state index in [4.69, 9.17) is 0 Å². The van der Waals surface area contributed by atoms with Gasteiger partial charge in [-0.2, -0.15) is 0 Å². The van der Waals surface area contributed by atoms with Crippen LogP contribution in [0.15, 0.2) is 24.3 Å². The summed E-state index contributed by atoms with van der Waals surface area (Å²) in [5, 5.41) is 2.75. The summed E-state index contributed by atoms with van der Waals surface area (Å²) in [6.45, 7) is 1.68. The van der Waals surface area contributed by atoms with Gasteiger partial charge in [-0.05, 0) is 26.1 Å². The molecule has 15 heavy (non-hydrogen) atoms. The first-order valence-electron chi connectivity index (χ1n) is 4.77. The van der Waals surface area contributed by atoms with Gasteiger partial charge in [0.05, 0.1) is 0 Å². The summed E-state index contributed by atoms with van der Waals surface area (Å²) in [5.41, 5.74) is -0.147. The van der Waals surface area contributed by atoms with Crippen LogP contribution in [0.5, 0.6) is 0 Å². The molecule has 0 saturated carbocycles. The summed E-state index contributed by atoms with van der Waals surface area (Å²) in [4.78, 5) is 0. The fourth-order valence-electron chi connectivity index (χ4n) is 1.30. The van der Waals surface area contributed by atoms with Gasteiger partial charge in [0.1, 0.15) is 5.82 Å². The summed E-state index contributed by atoms with van der Waals surface area (Å²) in [7, 11) is 1.63. The van der Waals surface area contributed by atoms with Crippen LogP contribution < -0.4 is 5.32 Å². The smallest absolute Gasteiger partial charge is 0.274 e. The van der Waals surface area contributed by atoms with Crippen LogP contribution in [0.3, 0.4) is 0 Å². The predicted octanol–water partition coefficient (Wildman–Crippen LogP) is 2.92. The fourth-order valence-corrected chi connectivity index (χ4v) is 1.30. The summed E-state index contributed by atoms with van der Waals surface area (Å²) < 4.78 is 39.7. The molecule has 0 saturated heterocycles. The second-order valence-corrected chi connectivity index (χ2v) is 3.61. The van der Waals surface area contributed by atoms with Crippen molar-refractivity contribution >= 4 is 0 Å². The highest BCUT2D eigenvalue weighted by atomic mass is 19.3. The van der Waals surface area contributed by atoms with Crippen molar-refractivity contribution in [2.75, 3.05) is 7.05 Å². The molecular formula is C11H14F3N. The van der Waals surface area contributed by atoms with Crippen LogP contribution in [-0.4, -0.2) is 13.1 Å². The number of hydrogen-bond donors (Lipinski definition) is 1. The van der Waals surface area contributed by atoms with E-state index in [2.05, 4.69) is 5.32 Å². The minimum Gasteiger partial charge on any atom is -0.317 e. The molecule has 1 aromatic carbocycles. The van der Waals surface area contributed by atoms with Crippen molar-refractivity contribution in [2.24, 2.45) is 0 Å². The summed E-state index contributed by atoms with van der Waals surface area (Å²) in [6, 6.07) is 4.06. The lowest BCUT2D eigenvalue weighted by Gasteiger charge is -2.20. The lowest BCUT2D eigenvalue weighted by Crippen LogP contribution is -2.29. The Hall–Kier alpha value is -1.03. The number of hydrogen-bond acceptors (Lipinski definition) is 1. The molecule has 0 radical (unpaired) electrons. The Bertz CT molecular complexity index is 308. The van der Waals surface area contributed by atoms with Crippen molar-refractivity contribution in [1.29, 1.82) is 0 Å². The first kappa shape index (κ1) is 12.0. The van der Waals surface area contributed by atoms with Crippen molar-refractivity contribution in [3.8, 4) is 0 Å². The van der Waals surface area contributed by atoms with Crippen molar-refractivity contribution in [3.05, 3.63) is 35.6 Å². The van der Waals surface area contributed by atoms with E-state index < -0.39 is 11.7 Å². The Morgan fingerprint density at radius 1 is 1.27 bits per heavy atom. The van der Waals surface area contributed by atoms with Crippen LogP contribution in [0.4, 0.5) is 13.2 Å². The van der Waals surface area contributed by atoms with Gasteiger partial charge in [-0.3, -0.25) is 0 Å². The quantitative estimate of drug-likeness (QED) is 0.817. The Labute approximate surface area is 87.3 Å². The van der Waals surface area contributed by atoms with Crippen molar-refractivity contribution in [2.45, 2.75) is 25.3 Å². The van der Waals surface area contributed by atoms with Gasteiger partial charge in [0, 0.05) is 18.0 Å². The second-order valence-electron chi connectivity index (χ2n) is 3.61. The molecule has 0 spiro atoms. The molecule has 4 heteroatoms. The number of benzene rings is 1. The molecule has 0 bridgehead atoms. The van der Waals surface area contributed by atoms with Crippen LogP contribution in [0.2, 0.25) is 0 Å². The molecule has 0 aromatic heterocycles. The third-order valence-electron chi connectivity index (χ3n) is 2.32. The summed E-state index contributed by atoms with van der Waals surface area (Å²) in [6.07, 6.45) is -0.296. The lowest BCUT2D eigenvalue weighted by molar-refractivity contribution is -0.0207. The Balaban J connectivity index is 2.80. The maximum Gasteiger partial charge on any atom is 0.274 e. The molecule has 0 aliphatic carbocycles. The molecule has 1 rings (SSSR count).